The first-order valence-corrected chi connectivity index (χ1v) is 9.54. The van der Waals surface area contributed by atoms with E-state index in [1.165, 1.54) is 37.1 Å². The number of amides is 1. The average molecular weight is 362 g/mol. The second kappa shape index (κ2) is 6.08. The van der Waals surface area contributed by atoms with Gasteiger partial charge in [-0.25, -0.2) is 4.68 Å². The summed E-state index contributed by atoms with van der Waals surface area (Å²) in [6.45, 7) is 3.51. The van der Waals surface area contributed by atoms with Gasteiger partial charge in [-0.1, -0.05) is 5.16 Å². The number of nitrogens with one attached hydrogen (secondary N) is 1. The molecule has 2 heterocycles. The summed E-state index contributed by atoms with van der Waals surface area (Å²) in [6.07, 6.45) is 5.02. The van der Waals surface area contributed by atoms with Crippen LogP contribution in [0.4, 0.5) is 5.69 Å². The Balaban J connectivity index is 1.38. The predicted octanol–water partition coefficient (Wildman–Crippen LogP) is 4.48. The molecule has 1 amide bonds. The van der Waals surface area contributed by atoms with Crippen molar-refractivity contribution in [3.63, 3.8) is 0 Å². The molecule has 0 saturated heterocycles. The number of nitrogens with zero attached hydrogens (tertiary/aromatic N) is 3. The molecule has 0 bridgehead atoms. The van der Waals surface area contributed by atoms with Crippen LogP contribution in [-0.2, 0) is 0 Å². The smallest absolute Gasteiger partial charge is 0.261 e. The Morgan fingerprint density at radius 3 is 2.41 bits per heavy atom. The fourth-order valence-electron chi connectivity index (χ4n) is 3.56. The lowest BCUT2D eigenvalue weighted by molar-refractivity contribution is 0.102. The van der Waals surface area contributed by atoms with E-state index in [1.807, 2.05) is 24.3 Å². The number of carbonyl (C=O) groups is 1. The molecule has 5 rings (SSSR count). The van der Waals surface area contributed by atoms with Crippen molar-refractivity contribution in [3.8, 4) is 5.69 Å². The van der Waals surface area contributed by atoms with Gasteiger partial charge >= 0.3 is 0 Å². The number of benzene rings is 1. The molecule has 1 N–H and O–H groups in total. The maximum Gasteiger partial charge on any atom is 0.261 e. The Morgan fingerprint density at radius 1 is 1.11 bits per heavy atom. The zero-order valence-corrected chi connectivity index (χ0v) is 15.5. The summed E-state index contributed by atoms with van der Waals surface area (Å²) in [6, 6.07) is 10.2. The van der Waals surface area contributed by atoms with E-state index in [0.29, 0.717) is 28.9 Å². The van der Waals surface area contributed by atoms with E-state index >= 15 is 0 Å². The molecule has 27 heavy (non-hydrogen) atoms. The monoisotopic (exact) mass is 362 g/mol. The second-order valence-corrected chi connectivity index (χ2v) is 7.65. The maximum atomic E-state index is 12.5. The molecular weight excluding hydrogens is 340 g/mol. The van der Waals surface area contributed by atoms with Crippen LogP contribution in [0, 0.1) is 13.8 Å². The molecule has 3 aromatic rings. The molecule has 0 radical (unpaired) electrons. The molecule has 2 aromatic heterocycles. The van der Waals surface area contributed by atoms with E-state index in [4.69, 9.17) is 9.62 Å². The third kappa shape index (κ3) is 3.05. The Bertz CT molecular complexity index is 988. The topological polar surface area (TPSA) is 73.0 Å². The fourth-order valence-corrected chi connectivity index (χ4v) is 3.56. The summed E-state index contributed by atoms with van der Waals surface area (Å²) in [7, 11) is 0. The number of aromatic nitrogens is 3. The van der Waals surface area contributed by atoms with Crippen LogP contribution in [0.5, 0.6) is 0 Å². The first-order chi connectivity index (χ1) is 13.1. The van der Waals surface area contributed by atoms with Gasteiger partial charge in [0.15, 0.2) is 0 Å². The van der Waals surface area contributed by atoms with Crippen LogP contribution in [0.3, 0.4) is 0 Å². The molecule has 2 aliphatic rings. The van der Waals surface area contributed by atoms with Crippen molar-refractivity contribution in [1.29, 1.82) is 0 Å². The van der Waals surface area contributed by atoms with E-state index in [-0.39, 0.29) is 5.91 Å². The van der Waals surface area contributed by atoms with Gasteiger partial charge < -0.3 is 9.84 Å². The van der Waals surface area contributed by atoms with Crippen molar-refractivity contribution in [2.24, 2.45) is 0 Å². The molecule has 0 spiro atoms. The minimum absolute atomic E-state index is 0.201. The highest BCUT2D eigenvalue weighted by atomic mass is 16.5. The first kappa shape index (κ1) is 16.3. The molecule has 2 saturated carbocycles. The summed E-state index contributed by atoms with van der Waals surface area (Å²) >= 11 is 0. The highest BCUT2D eigenvalue weighted by molar-refractivity contribution is 6.05. The van der Waals surface area contributed by atoms with Crippen LogP contribution in [0.2, 0.25) is 0 Å². The van der Waals surface area contributed by atoms with Gasteiger partial charge in [0.2, 0.25) is 0 Å². The van der Waals surface area contributed by atoms with E-state index < -0.39 is 0 Å². The normalized spacial score (nSPS) is 16.5. The number of rotatable bonds is 5. The van der Waals surface area contributed by atoms with Gasteiger partial charge in [0.25, 0.3) is 5.91 Å². The van der Waals surface area contributed by atoms with Gasteiger partial charge in [0.05, 0.1) is 17.1 Å². The van der Waals surface area contributed by atoms with Gasteiger partial charge in [-0.15, -0.1) is 0 Å². The molecule has 0 aliphatic heterocycles. The minimum Gasteiger partial charge on any atom is -0.361 e. The van der Waals surface area contributed by atoms with Crippen molar-refractivity contribution in [2.75, 3.05) is 5.32 Å². The van der Waals surface area contributed by atoms with Crippen LogP contribution < -0.4 is 5.32 Å². The van der Waals surface area contributed by atoms with Crippen molar-refractivity contribution < 1.29 is 9.32 Å². The Labute approximate surface area is 157 Å². The quantitative estimate of drug-likeness (QED) is 0.726. The maximum absolute atomic E-state index is 12.5. The lowest BCUT2D eigenvalue weighted by Crippen LogP contribution is -2.13. The molecule has 0 atom stereocenters. The molecule has 0 unspecified atom stereocenters. The molecule has 1 aromatic carbocycles. The van der Waals surface area contributed by atoms with Crippen molar-refractivity contribution in [1.82, 2.24) is 14.9 Å². The third-order valence-corrected chi connectivity index (χ3v) is 5.38. The van der Waals surface area contributed by atoms with E-state index in [0.717, 1.165) is 11.4 Å². The van der Waals surface area contributed by atoms with Gasteiger partial charge in [0, 0.05) is 23.2 Å². The number of aryl methyl sites for hydroxylation is 2. The summed E-state index contributed by atoms with van der Waals surface area (Å²) in [5.41, 5.74) is 5.43. The number of anilines is 1. The Morgan fingerprint density at radius 2 is 1.81 bits per heavy atom. The molecule has 2 fully saturated rings. The second-order valence-electron chi connectivity index (χ2n) is 7.65. The molecule has 138 valence electrons. The average Bonchev–Trinajstić information content (AvgIpc) is 3.59. The Hall–Kier alpha value is -2.89. The lowest BCUT2D eigenvalue weighted by Gasteiger charge is -2.09. The molecule has 6 nitrogen and oxygen atoms in total. The zero-order chi connectivity index (χ0) is 18.5. The fraction of sp³-hybridized carbons (Fsp3) is 0.381. The predicted molar refractivity (Wildman–Crippen MR) is 101 cm³/mol. The highest BCUT2D eigenvalue weighted by Gasteiger charge is 2.32. The lowest BCUT2D eigenvalue weighted by atomic mass is 10.2. The number of hydrogen-bond donors (Lipinski definition) is 1. The summed E-state index contributed by atoms with van der Waals surface area (Å²) in [4.78, 5) is 12.5. The van der Waals surface area contributed by atoms with E-state index in [2.05, 4.69) is 21.2 Å². The van der Waals surface area contributed by atoms with Gasteiger partial charge in [-0.3, -0.25) is 4.79 Å². The highest BCUT2D eigenvalue weighted by Crippen LogP contribution is 2.45. The first-order valence-electron chi connectivity index (χ1n) is 9.54. The SMILES string of the molecule is Cc1noc(C)c1C(=O)Nc1ccc(-n2nc(C3CC3)cc2C2CC2)cc1. The molecule has 6 heteroatoms. The molecule has 2 aliphatic carbocycles. The zero-order valence-electron chi connectivity index (χ0n) is 15.5. The standard InChI is InChI=1S/C21H22N4O2/c1-12-20(13(2)27-24-12)21(26)22-16-7-9-17(10-8-16)25-19(15-5-6-15)11-18(23-25)14-3-4-14/h7-11,14-15H,3-6H2,1-2H3,(H,22,26). The van der Waals surface area contributed by atoms with E-state index in [9.17, 15) is 4.79 Å². The third-order valence-electron chi connectivity index (χ3n) is 5.38. The summed E-state index contributed by atoms with van der Waals surface area (Å²) in [5.74, 6) is 1.62. The van der Waals surface area contributed by atoms with Gasteiger partial charge in [-0.2, -0.15) is 5.10 Å². The largest absolute Gasteiger partial charge is 0.361 e. The summed E-state index contributed by atoms with van der Waals surface area (Å²) < 4.78 is 7.17. The number of hydrogen-bond acceptors (Lipinski definition) is 4. The minimum atomic E-state index is -0.201. The van der Waals surface area contributed by atoms with Crippen molar-refractivity contribution in [2.45, 2.75) is 51.4 Å². The summed E-state index contributed by atoms with van der Waals surface area (Å²) in [5, 5.41) is 11.6. The van der Waals surface area contributed by atoms with Gasteiger partial charge in [-0.05, 0) is 69.9 Å². The molecular formula is C21H22N4O2. The van der Waals surface area contributed by atoms with Crippen LogP contribution in [0.1, 0.15) is 70.7 Å². The van der Waals surface area contributed by atoms with Crippen molar-refractivity contribution in [3.05, 3.63) is 58.7 Å². The van der Waals surface area contributed by atoms with Crippen LogP contribution in [0.25, 0.3) is 5.69 Å². The van der Waals surface area contributed by atoms with Gasteiger partial charge in [0.1, 0.15) is 11.3 Å². The van der Waals surface area contributed by atoms with Crippen molar-refractivity contribution >= 4 is 11.6 Å². The Kier molecular flexibility index (Phi) is 3.67. The van der Waals surface area contributed by atoms with E-state index in [1.54, 1.807) is 13.8 Å². The van der Waals surface area contributed by atoms with Crippen LogP contribution in [0.15, 0.2) is 34.9 Å². The number of carbonyl (C=O) groups excluding carboxylic acids is 1. The van der Waals surface area contributed by atoms with Crippen LogP contribution >= 0.6 is 0 Å². The van der Waals surface area contributed by atoms with Crippen LogP contribution in [-0.4, -0.2) is 20.8 Å².